The molecule has 0 amide bonds. The summed E-state index contributed by atoms with van der Waals surface area (Å²) in [6.07, 6.45) is 0. The van der Waals surface area contributed by atoms with Crippen LogP contribution in [-0.2, 0) is 21.7 Å². The average molecular weight is 913 g/mol. The minimum absolute atomic E-state index is 0.0240. The van der Waals surface area contributed by atoms with Crippen molar-refractivity contribution < 1.29 is 0 Å². The van der Waals surface area contributed by atoms with Crippen molar-refractivity contribution >= 4 is 65.2 Å². The highest BCUT2D eigenvalue weighted by atomic mass is 15.0. The summed E-state index contributed by atoms with van der Waals surface area (Å²) in [5, 5.41) is 10.2. The molecule has 0 aliphatic carbocycles. The zero-order valence-corrected chi connectivity index (χ0v) is 43.9. The molecule has 0 saturated carbocycles. The minimum atomic E-state index is 0.0240. The number of aryl methyl sites for hydroxylation is 2. The zero-order valence-electron chi connectivity index (χ0n) is 43.9. The summed E-state index contributed by atoms with van der Waals surface area (Å²) in [4.78, 5) is 0. The van der Waals surface area contributed by atoms with E-state index in [9.17, 15) is 0 Å². The quantitative estimate of drug-likeness (QED) is 0.156. The number of hydrogen-bond acceptors (Lipinski definition) is 0. The molecule has 11 rings (SSSR count). The molecule has 0 fully saturated rings. The molecule has 0 spiro atoms. The Bertz CT molecular complexity index is 3530. The van der Waals surface area contributed by atoms with Gasteiger partial charge in [0.1, 0.15) is 0 Å². The van der Waals surface area contributed by atoms with Crippen LogP contribution in [0.2, 0.25) is 0 Å². The van der Waals surface area contributed by atoms with E-state index in [-0.39, 0.29) is 21.7 Å². The van der Waals surface area contributed by atoms with E-state index in [0.29, 0.717) is 0 Å². The van der Waals surface area contributed by atoms with Crippen LogP contribution in [0, 0.1) is 13.8 Å². The third kappa shape index (κ3) is 7.54. The fraction of sp³-hybridized carbons (Fsp3) is 0.265. The van der Waals surface area contributed by atoms with Gasteiger partial charge in [-0.2, -0.15) is 0 Å². The second-order valence-electron chi connectivity index (χ2n) is 24.5. The molecule has 11 aromatic rings. The third-order valence-electron chi connectivity index (χ3n) is 15.2. The standard InChI is InChI=1S/C68H68N2/c1-41-17-15-19-43(33-41)63-51-27-25-50(70-61-31-23-47(67(9,10)11)37-55(61)56-38-48(68(12,13)14)24-32-62(56)70)40-58(51)64(44-20-16-18-42(2)34-44)52-28-26-49(39-57(52)63)69-59-29-21-45(65(3,4)5)35-53(59)54-36-46(66(6,7)8)22-30-60(54)69/h15-40H,1-14H3. The van der Waals surface area contributed by atoms with Gasteiger partial charge in [0.15, 0.2) is 0 Å². The highest BCUT2D eigenvalue weighted by Gasteiger charge is 2.25. The summed E-state index contributed by atoms with van der Waals surface area (Å²) in [6, 6.07) is 61.4. The van der Waals surface area contributed by atoms with Crippen molar-refractivity contribution in [3.63, 3.8) is 0 Å². The molecule has 0 unspecified atom stereocenters. The van der Waals surface area contributed by atoms with Crippen LogP contribution in [0.15, 0.2) is 158 Å². The Labute approximate surface area is 415 Å². The first-order valence-corrected chi connectivity index (χ1v) is 25.4. The second-order valence-corrected chi connectivity index (χ2v) is 24.5. The van der Waals surface area contributed by atoms with E-state index in [1.54, 1.807) is 0 Å². The normalized spacial score (nSPS) is 13.0. The van der Waals surface area contributed by atoms with Crippen molar-refractivity contribution in [2.45, 2.75) is 119 Å². The Morgan fingerprint density at radius 2 is 0.571 bits per heavy atom. The van der Waals surface area contributed by atoms with Gasteiger partial charge in [-0.25, -0.2) is 0 Å². The summed E-state index contributed by atoms with van der Waals surface area (Å²) in [7, 11) is 0. The molecule has 0 aliphatic heterocycles. The monoisotopic (exact) mass is 913 g/mol. The first-order valence-electron chi connectivity index (χ1n) is 25.4. The highest BCUT2D eigenvalue weighted by Crippen LogP contribution is 2.47. The maximum absolute atomic E-state index is 2.51. The number of benzene rings is 9. The number of aromatic nitrogens is 2. The summed E-state index contributed by atoms with van der Waals surface area (Å²) in [6.45, 7) is 32.2. The van der Waals surface area contributed by atoms with E-state index in [4.69, 9.17) is 0 Å². The Kier molecular flexibility index (Phi) is 10.3. The van der Waals surface area contributed by atoms with Crippen molar-refractivity contribution in [3.05, 3.63) is 191 Å². The first kappa shape index (κ1) is 45.5. The van der Waals surface area contributed by atoms with Gasteiger partial charge < -0.3 is 9.13 Å². The van der Waals surface area contributed by atoms with Crippen LogP contribution in [-0.4, -0.2) is 9.13 Å². The molecule has 2 heterocycles. The van der Waals surface area contributed by atoms with Crippen molar-refractivity contribution in [1.29, 1.82) is 0 Å². The molecular formula is C68H68N2. The minimum Gasteiger partial charge on any atom is -0.309 e. The van der Waals surface area contributed by atoms with Gasteiger partial charge in [-0.05, 0) is 174 Å². The van der Waals surface area contributed by atoms with Crippen molar-refractivity contribution in [1.82, 2.24) is 9.13 Å². The van der Waals surface area contributed by atoms with Crippen molar-refractivity contribution in [2.24, 2.45) is 0 Å². The fourth-order valence-electron chi connectivity index (χ4n) is 11.2. The van der Waals surface area contributed by atoms with Crippen molar-refractivity contribution in [2.75, 3.05) is 0 Å². The number of fused-ring (bicyclic) bond motifs is 8. The molecule has 0 aliphatic rings. The molecule has 350 valence electrons. The van der Waals surface area contributed by atoms with Crippen LogP contribution in [0.3, 0.4) is 0 Å². The van der Waals surface area contributed by atoms with Crippen LogP contribution < -0.4 is 0 Å². The van der Waals surface area contributed by atoms with Crippen LogP contribution in [0.25, 0.3) is 98.8 Å². The molecule has 2 nitrogen and oxygen atoms in total. The third-order valence-corrected chi connectivity index (χ3v) is 15.2. The molecule has 0 saturated heterocycles. The number of rotatable bonds is 4. The van der Waals surface area contributed by atoms with Crippen LogP contribution >= 0.6 is 0 Å². The second kappa shape index (κ2) is 15.8. The molecule has 0 N–H and O–H groups in total. The Morgan fingerprint density at radius 3 is 0.843 bits per heavy atom. The Balaban J connectivity index is 1.25. The summed E-state index contributed by atoms with van der Waals surface area (Å²) in [5.41, 5.74) is 20.2. The van der Waals surface area contributed by atoms with Gasteiger partial charge >= 0.3 is 0 Å². The van der Waals surface area contributed by atoms with E-state index >= 15 is 0 Å². The topological polar surface area (TPSA) is 9.86 Å². The van der Waals surface area contributed by atoms with Crippen LogP contribution in [0.4, 0.5) is 0 Å². The van der Waals surface area contributed by atoms with E-state index in [0.717, 1.165) is 11.4 Å². The van der Waals surface area contributed by atoms with Crippen LogP contribution in [0.5, 0.6) is 0 Å². The zero-order chi connectivity index (χ0) is 49.4. The Hall–Kier alpha value is -6.90. The lowest BCUT2D eigenvalue weighted by molar-refractivity contribution is 0.590. The van der Waals surface area contributed by atoms with E-state index in [1.807, 2.05) is 0 Å². The lowest BCUT2D eigenvalue weighted by Gasteiger charge is -2.21. The van der Waals surface area contributed by atoms with Gasteiger partial charge in [-0.3, -0.25) is 0 Å². The van der Waals surface area contributed by atoms with E-state index < -0.39 is 0 Å². The molecule has 2 aromatic heterocycles. The van der Waals surface area contributed by atoms with Crippen molar-refractivity contribution in [3.8, 4) is 33.6 Å². The smallest absolute Gasteiger partial charge is 0.0541 e. The lowest BCUT2D eigenvalue weighted by Crippen LogP contribution is -2.10. The summed E-state index contributed by atoms with van der Waals surface area (Å²) >= 11 is 0. The molecule has 0 radical (unpaired) electrons. The predicted molar refractivity (Wildman–Crippen MR) is 305 cm³/mol. The van der Waals surface area contributed by atoms with Gasteiger partial charge in [-0.1, -0.05) is 179 Å². The fourth-order valence-corrected chi connectivity index (χ4v) is 11.2. The largest absolute Gasteiger partial charge is 0.309 e. The average Bonchev–Trinajstić information content (AvgIpc) is 3.81. The van der Waals surface area contributed by atoms with E-state index in [2.05, 4.69) is 264 Å². The molecule has 0 bridgehead atoms. The summed E-state index contributed by atoms with van der Waals surface area (Å²) < 4.78 is 5.03. The predicted octanol–water partition coefficient (Wildman–Crippen LogP) is 19.3. The van der Waals surface area contributed by atoms with Gasteiger partial charge in [-0.15, -0.1) is 0 Å². The van der Waals surface area contributed by atoms with Gasteiger partial charge in [0, 0.05) is 32.9 Å². The SMILES string of the molecule is Cc1cccc(-c2c3ccc(-n4c5ccc(C(C)(C)C)cc5c5cc(C(C)(C)C)ccc54)cc3c(-c3cccc(C)c3)c3ccc(-n4c5ccc(C(C)(C)C)cc5c5cc(C(C)(C)C)ccc54)cc23)c1. The highest BCUT2D eigenvalue weighted by molar-refractivity contribution is 6.23. The lowest BCUT2D eigenvalue weighted by atomic mass is 9.85. The van der Waals surface area contributed by atoms with Gasteiger partial charge in [0.2, 0.25) is 0 Å². The van der Waals surface area contributed by atoms with Gasteiger partial charge in [0.05, 0.1) is 22.1 Å². The molecule has 9 aromatic carbocycles. The molecule has 70 heavy (non-hydrogen) atoms. The van der Waals surface area contributed by atoms with E-state index in [1.165, 1.54) is 121 Å². The number of hydrogen-bond donors (Lipinski definition) is 0. The molecule has 0 atom stereocenters. The maximum atomic E-state index is 2.51. The van der Waals surface area contributed by atoms with Crippen LogP contribution in [0.1, 0.15) is 116 Å². The number of nitrogens with zero attached hydrogens (tertiary/aromatic N) is 2. The first-order chi connectivity index (χ1) is 33.0. The molecule has 2 heteroatoms. The maximum Gasteiger partial charge on any atom is 0.0541 e. The molecular weight excluding hydrogens is 845 g/mol. The summed E-state index contributed by atoms with van der Waals surface area (Å²) in [5.74, 6) is 0. The van der Waals surface area contributed by atoms with Gasteiger partial charge in [0.25, 0.3) is 0 Å². The Morgan fingerprint density at radius 1 is 0.271 bits per heavy atom.